The molecule has 7 heteroatoms. The van der Waals surface area contributed by atoms with E-state index in [1.807, 2.05) is 24.5 Å². The van der Waals surface area contributed by atoms with Crippen LogP contribution in [0.4, 0.5) is 11.6 Å². The number of thioether (sulfide) groups is 1. The predicted octanol–water partition coefficient (Wildman–Crippen LogP) is 3.39. The number of ether oxygens (including phenoxy) is 1. The molecule has 0 saturated heterocycles. The lowest BCUT2D eigenvalue weighted by atomic mass is 9.91. The van der Waals surface area contributed by atoms with Gasteiger partial charge >= 0.3 is 0 Å². The lowest BCUT2D eigenvalue weighted by Crippen LogP contribution is -2.37. The van der Waals surface area contributed by atoms with E-state index < -0.39 is 5.91 Å². The van der Waals surface area contributed by atoms with Crippen molar-refractivity contribution >= 4 is 29.3 Å². The molecule has 2 aromatic rings. The van der Waals surface area contributed by atoms with Crippen LogP contribution in [-0.2, 0) is 4.74 Å². The molecule has 0 radical (unpaired) electrons. The summed E-state index contributed by atoms with van der Waals surface area (Å²) in [6.07, 6.45) is 7.77. The maximum Gasteiger partial charge on any atom is 0.253 e. The Morgan fingerprint density at radius 1 is 1.23 bits per heavy atom. The van der Waals surface area contributed by atoms with Crippen LogP contribution in [0.25, 0.3) is 0 Å². The Morgan fingerprint density at radius 3 is 2.50 bits per heavy atom. The van der Waals surface area contributed by atoms with Crippen molar-refractivity contribution in [2.24, 2.45) is 5.73 Å². The number of carbonyl (C=O) groups excluding carboxylic acids is 1. The molecule has 1 saturated carbocycles. The molecular formula is C19H24N4O2S. The summed E-state index contributed by atoms with van der Waals surface area (Å²) in [6, 6.07) is 10.4. The number of amides is 1. The van der Waals surface area contributed by atoms with Crippen LogP contribution in [0.1, 0.15) is 36.0 Å². The van der Waals surface area contributed by atoms with E-state index in [0.717, 1.165) is 31.4 Å². The van der Waals surface area contributed by atoms with Crippen molar-refractivity contribution in [3.63, 3.8) is 0 Å². The zero-order chi connectivity index (χ0) is 18.5. The first-order valence-corrected chi connectivity index (χ1v) is 9.94. The van der Waals surface area contributed by atoms with E-state index in [9.17, 15) is 4.79 Å². The molecule has 6 nitrogen and oxygen atoms in total. The van der Waals surface area contributed by atoms with Gasteiger partial charge in [0, 0.05) is 25.0 Å². The Bertz CT molecular complexity index is 748. The Hall–Kier alpha value is -2.12. The van der Waals surface area contributed by atoms with Crippen LogP contribution in [0.3, 0.4) is 0 Å². The number of anilines is 2. The van der Waals surface area contributed by atoms with Crippen molar-refractivity contribution in [3.8, 4) is 0 Å². The van der Waals surface area contributed by atoms with Crippen molar-refractivity contribution in [2.45, 2.75) is 42.9 Å². The van der Waals surface area contributed by atoms with Crippen LogP contribution in [0.15, 0.2) is 41.6 Å². The molecule has 1 heterocycles. The fourth-order valence-electron chi connectivity index (χ4n) is 3.42. The Morgan fingerprint density at radius 2 is 1.92 bits per heavy atom. The van der Waals surface area contributed by atoms with Crippen molar-refractivity contribution in [2.75, 3.05) is 18.3 Å². The second-order valence-electron chi connectivity index (χ2n) is 6.33. The van der Waals surface area contributed by atoms with Gasteiger partial charge in [0.15, 0.2) is 0 Å². The molecule has 0 bridgehead atoms. The summed E-state index contributed by atoms with van der Waals surface area (Å²) in [7, 11) is 1.77. The molecule has 1 fully saturated rings. The van der Waals surface area contributed by atoms with Gasteiger partial charge in [0.1, 0.15) is 5.03 Å². The Kier molecular flexibility index (Phi) is 6.11. The van der Waals surface area contributed by atoms with Crippen LogP contribution >= 0.6 is 11.8 Å². The summed E-state index contributed by atoms with van der Waals surface area (Å²) < 4.78 is 5.50. The lowest BCUT2D eigenvalue weighted by Gasteiger charge is -2.36. The number of primary amides is 1. The third-order valence-corrected chi connectivity index (χ3v) is 5.49. The van der Waals surface area contributed by atoms with E-state index in [1.165, 1.54) is 18.0 Å². The van der Waals surface area contributed by atoms with Gasteiger partial charge in [-0.05, 0) is 44.1 Å². The number of carbonyl (C=O) groups is 1. The minimum absolute atomic E-state index is 0.290. The standard InChI is InChI=1S/C19H24N4O2S/c1-25-15-10-8-14(9-11-15)23(13-6-4-3-5-7-13)19-21-12-16(17(20)24)18(22-19)26-2/h3-7,12,14-15H,8-11H2,1-2H3,(H2,20,24). The largest absolute Gasteiger partial charge is 0.381 e. The van der Waals surface area contributed by atoms with E-state index in [2.05, 4.69) is 27.0 Å². The monoisotopic (exact) mass is 372 g/mol. The highest BCUT2D eigenvalue weighted by Gasteiger charge is 2.29. The molecule has 0 unspecified atom stereocenters. The van der Waals surface area contributed by atoms with Gasteiger partial charge in [-0.15, -0.1) is 11.8 Å². The van der Waals surface area contributed by atoms with E-state index in [-0.39, 0.29) is 6.04 Å². The van der Waals surface area contributed by atoms with Gasteiger partial charge in [-0.3, -0.25) is 4.79 Å². The molecular weight excluding hydrogens is 348 g/mol. The molecule has 1 amide bonds. The Balaban J connectivity index is 1.97. The highest BCUT2D eigenvalue weighted by Crippen LogP contribution is 2.34. The molecule has 1 aromatic heterocycles. The average molecular weight is 372 g/mol. The number of methoxy groups -OCH3 is 1. The van der Waals surface area contributed by atoms with Crippen LogP contribution in [-0.4, -0.2) is 41.4 Å². The topological polar surface area (TPSA) is 81.3 Å². The quantitative estimate of drug-likeness (QED) is 0.618. The molecule has 26 heavy (non-hydrogen) atoms. The minimum atomic E-state index is -0.507. The first-order valence-electron chi connectivity index (χ1n) is 8.72. The van der Waals surface area contributed by atoms with Gasteiger partial charge < -0.3 is 15.4 Å². The Labute approximate surface area is 158 Å². The molecule has 3 rings (SSSR count). The second-order valence-corrected chi connectivity index (χ2v) is 7.12. The van der Waals surface area contributed by atoms with E-state index in [4.69, 9.17) is 10.5 Å². The van der Waals surface area contributed by atoms with Crippen molar-refractivity contribution in [3.05, 3.63) is 42.1 Å². The first-order chi connectivity index (χ1) is 12.6. The number of nitrogens with two attached hydrogens (primary N) is 1. The molecule has 1 aromatic carbocycles. The summed E-state index contributed by atoms with van der Waals surface area (Å²) in [5.41, 5.74) is 6.85. The number of rotatable bonds is 6. The number of hydrogen-bond donors (Lipinski definition) is 1. The van der Waals surface area contributed by atoms with Crippen molar-refractivity contribution < 1.29 is 9.53 Å². The smallest absolute Gasteiger partial charge is 0.253 e. The SMILES string of the molecule is COC1CCC(N(c2ccccc2)c2ncc(C(N)=O)c(SC)n2)CC1. The van der Waals surface area contributed by atoms with E-state index in [1.54, 1.807) is 7.11 Å². The number of aromatic nitrogens is 2. The summed E-state index contributed by atoms with van der Waals surface area (Å²) in [6.45, 7) is 0. The molecule has 0 spiro atoms. The molecule has 2 N–H and O–H groups in total. The fraction of sp³-hybridized carbons (Fsp3) is 0.421. The van der Waals surface area contributed by atoms with E-state index in [0.29, 0.717) is 22.6 Å². The predicted molar refractivity (Wildman–Crippen MR) is 104 cm³/mol. The van der Waals surface area contributed by atoms with Gasteiger partial charge in [-0.2, -0.15) is 0 Å². The van der Waals surface area contributed by atoms with Gasteiger partial charge in [0.05, 0.1) is 11.7 Å². The van der Waals surface area contributed by atoms with Crippen LogP contribution < -0.4 is 10.6 Å². The highest BCUT2D eigenvalue weighted by molar-refractivity contribution is 7.98. The molecule has 0 atom stereocenters. The van der Waals surface area contributed by atoms with E-state index >= 15 is 0 Å². The third kappa shape index (κ3) is 3.99. The summed E-state index contributed by atoms with van der Waals surface area (Å²) in [5.74, 6) is 0.0965. The van der Waals surface area contributed by atoms with Gasteiger partial charge in [-0.25, -0.2) is 9.97 Å². The van der Waals surface area contributed by atoms with Gasteiger partial charge in [-0.1, -0.05) is 18.2 Å². The maximum atomic E-state index is 11.6. The second kappa shape index (κ2) is 8.51. The van der Waals surface area contributed by atoms with Crippen molar-refractivity contribution in [1.29, 1.82) is 0 Å². The lowest BCUT2D eigenvalue weighted by molar-refractivity contribution is 0.0663. The molecule has 1 aliphatic carbocycles. The molecule has 138 valence electrons. The normalized spacial score (nSPS) is 19.9. The number of para-hydroxylation sites is 1. The molecule has 0 aliphatic heterocycles. The summed E-state index contributed by atoms with van der Waals surface area (Å²) in [5, 5.41) is 0.606. The third-order valence-electron chi connectivity index (χ3n) is 4.79. The van der Waals surface area contributed by atoms with Gasteiger partial charge in [0.25, 0.3) is 5.91 Å². The fourth-order valence-corrected chi connectivity index (χ4v) is 3.96. The maximum absolute atomic E-state index is 11.6. The number of benzene rings is 1. The number of nitrogens with zero attached hydrogens (tertiary/aromatic N) is 3. The summed E-state index contributed by atoms with van der Waals surface area (Å²) in [4.78, 5) is 22.9. The van der Waals surface area contributed by atoms with Crippen LogP contribution in [0.5, 0.6) is 0 Å². The van der Waals surface area contributed by atoms with Crippen LogP contribution in [0.2, 0.25) is 0 Å². The molecule has 1 aliphatic rings. The first kappa shape index (κ1) is 18.7. The number of hydrogen-bond acceptors (Lipinski definition) is 6. The highest BCUT2D eigenvalue weighted by atomic mass is 32.2. The zero-order valence-electron chi connectivity index (χ0n) is 15.1. The van der Waals surface area contributed by atoms with Crippen LogP contribution in [0, 0.1) is 0 Å². The minimum Gasteiger partial charge on any atom is -0.381 e. The van der Waals surface area contributed by atoms with Gasteiger partial charge in [0.2, 0.25) is 5.95 Å². The van der Waals surface area contributed by atoms with Crippen molar-refractivity contribution in [1.82, 2.24) is 9.97 Å². The summed E-state index contributed by atoms with van der Waals surface area (Å²) >= 11 is 1.40. The zero-order valence-corrected chi connectivity index (χ0v) is 15.9. The average Bonchev–Trinajstić information content (AvgIpc) is 2.69.